The van der Waals surface area contributed by atoms with Crippen LogP contribution in [0.4, 0.5) is 10.5 Å². The molecule has 0 unspecified atom stereocenters. The van der Waals surface area contributed by atoms with Crippen molar-refractivity contribution >= 4 is 34.5 Å². The summed E-state index contributed by atoms with van der Waals surface area (Å²) in [5.74, 6) is -1.09. The Labute approximate surface area is 208 Å². The molecule has 2 heterocycles. The number of carbonyl (C=O) groups is 3. The van der Waals surface area contributed by atoms with E-state index in [9.17, 15) is 19.2 Å². The molecule has 1 aromatic heterocycles. The second-order valence-electron chi connectivity index (χ2n) is 8.62. The molecule has 2 aromatic carbocycles. The third-order valence-electron chi connectivity index (χ3n) is 6.01. The van der Waals surface area contributed by atoms with E-state index in [0.29, 0.717) is 41.2 Å². The Balaban J connectivity index is 1.68. The fourth-order valence-electron chi connectivity index (χ4n) is 3.99. The molecule has 0 spiro atoms. The molecule has 1 aliphatic heterocycles. The normalized spacial score (nSPS) is 13.7. The number of carbonyl (C=O) groups excluding carboxylic acids is 3. The van der Waals surface area contributed by atoms with Gasteiger partial charge >= 0.3 is 23.5 Å². The quantitative estimate of drug-likeness (QED) is 0.246. The van der Waals surface area contributed by atoms with Crippen LogP contribution in [0.2, 0.25) is 0 Å². The smallest absolute Gasteiger partial charge is 0.339 e. The van der Waals surface area contributed by atoms with Crippen LogP contribution in [-0.2, 0) is 16.1 Å². The van der Waals surface area contributed by atoms with Gasteiger partial charge in [-0.2, -0.15) is 0 Å². The molecule has 1 fully saturated rings. The first kappa shape index (κ1) is 25.0. The van der Waals surface area contributed by atoms with Crippen LogP contribution in [0.5, 0.6) is 11.5 Å². The van der Waals surface area contributed by atoms with Crippen LogP contribution in [0.15, 0.2) is 45.6 Å². The second kappa shape index (κ2) is 10.2. The Kier molecular flexibility index (Phi) is 7.10. The molecule has 4 rings (SSSR count). The van der Waals surface area contributed by atoms with E-state index in [1.807, 2.05) is 33.8 Å². The summed E-state index contributed by atoms with van der Waals surface area (Å²) in [5, 5.41) is 0.594. The SMILES string of the molecule is CCCOc1ccc(N2C(=O)C(=O)N(Cc3cc(=O)oc4c(C)c(C)ccc34)C2=O)cc1OCCC. The number of rotatable bonds is 9. The van der Waals surface area contributed by atoms with E-state index in [-0.39, 0.29) is 12.2 Å². The second-order valence-corrected chi connectivity index (χ2v) is 8.62. The van der Waals surface area contributed by atoms with Gasteiger partial charge in [0.1, 0.15) is 5.58 Å². The van der Waals surface area contributed by atoms with Gasteiger partial charge in [0.15, 0.2) is 11.5 Å². The lowest BCUT2D eigenvalue weighted by Crippen LogP contribution is -2.33. The minimum Gasteiger partial charge on any atom is -0.490 e. The van der Waals surface area contributed by atoms with Crippen LogP contribution in [0.25, 0.3) is 11.0 Å². The summed E-state index contributed by atoms with van der Waals surface area (Å²) in [5.41, 5.74) is 2.11. The number of aryl methyl sites for hydroxylation is 2. The average molecular weight is 493 g/mol. The van der Waals surface area contributed by atoms with Gasteiger partial charge in [0.05, 0.1) is 25.4 Å². The van der Waals surface area contributed by atoms with Gasteiger partial charge in [0, 0.05) is 17.5 Å². The molecule has 0 N–H and O–H groups in total. The summed E-state index contributed by atoms with van der Waals surface area (Å²) in [6.45, 7) is 8.30. The third kappa shape index (κ3) is 4.56. The maximum Gasteiger partial charge on any atom is 0.339 e. The Hall–Kier alpha value is -4.14. The predicted octanol–water partition coefficient (Wildman–Crippen LogP) is 4.48. The summed E-state index contributed by atoms with van der Waals surface area (Å²) < 4.78 is 16.9. The van der Waals surface area contributed by atoms with E-state index in [2.05, 4.69) is 0 Å². The molecule has 3 aromatic rings. The van der Waals surface area contributed by atoms with Crippen molar-refractivity contribution in [2.24, 2.45) is 0 Å². The average Bonchev–Trinajstić information content (AvgIpc) is 3.07. The summed E-state index contributed by atoms with van der Waals surface area (Å²) in [4.78, 5) is 52.9. The Morgan fingerprint density at radius 1 is 0.833 bits per heavy atom. The van der Waals surface area contributed by atoms with E-state index in [4.69, 9.17) is 13.9 Å². The maximum atomic E-state index is 13.3. The van der Waals surface area contributed by atoms with E-state index in [1.165, 1.54) is 18.2 Å². The van der Waals surface area contributed by atoms with Crippen molar-refractivity contribution in [2.75, 3.05) is 18.1 Å². The highest BCUT2D eigenvalue weighted by Gasteiger charge is 2.45. The molecule has 0 bridgehead atoms. The van der Waals surface area contributed by atoms with Crippen molar-refractivity contribution < 1.29 is 28.3 Å². The minimum atomic E-state index is -0.983. The molecular weight excluding hydrogens is 464 g/mol. The van der Waals surface area contributed by atoms with Crippen LogP contribution < -0.4 is 20.0 Å². The fraction of sp³-hybridized carbons (Fsp3) is 0.333. The molecule has 36 heavy (non-hydrogen) atoms. The van der Waals surface area contributed by atoms with Gasteiger partial charge in [-0.25, -0.2) is 14.5 Å². The lowest BCUT2D eigenvalue weighted by atomic mass is 10.0. The molecule has 0 radical (unpaired) electrons. The summed E-state index contributed by atoms with van der Waals surface area (Å²) >= 11 is 0. The van der Waals surface area contributed by atoms with Crippen molar-refractivity contribution in [2.45, 2.75) is 47.1 Å². The van der Waals surface area contributed by atoms with Gasteiger partial charge in [-0.15, -0.1) is 0 Å². The zero-order valence-electron chi connectivity index (χ0n) is 20.8. The van der Waals surface area contributed by atoms with Crippen LogP contribution in [0, 0.1) is 13.8 Å². The molecule has 0 aliphatic carbocycles. The number of imide groups is 2. The van der Waals surface area contributed by atoms with Gasteiger partial charge in [-0.3, -0.25) is 14.5 Å². The van der Waals surface area contributed by atoms with Crippen molar-refractivity contribution in [3.63, 3.8) is 0 Å². The molecule has 9 heteroatoms. The number of ether oxygens (including phenoxy) is 2. The van der Waals surface area contributed by atoms with E-state index < -0.39 is 23.5 Å². The first-order chi connectivity index (χ1) is 17.3. The van der Waals surface area contributed by atoms with Crippen molar-refractivity contribution in [1.82, 2.24) is 4.90 Å². The lowest BCUT2D eigenvalue weighted by Gasteiger charge is -2.18. The summed E-state index contributed by atoms with van der Waals surface area (Å²) in [7, 11) is 0. The molecule has 188 valence electrons. The number of urea groups is 1. The number of amides is 4. The topological polar surface area (TPSA) is 106 Å². The Morgan fingerprint density at radius 3 is 2.22 bits per heavy atom. The van der Waals surface area contributed by atoms with Crippen LogP contribution in [0.1, 0.15) is 43.4 Å². The highest BCUT2D eigenvalue weighted by atomic mass is 16.5. The molecule has 4 amide bonds. The Morgan fingerprint density at radius 2 is 1.53 bits per heavy atom. The molecular formula is C27H28N2O7. The number of benzene rings is 2. The maximum absolute atomic E-state index is 13.3. The van der Waals surface area contributed by atoms with Crippen molar-refractivity contribution in [3.05, 3.63) is 63.5 Å². The molecule has 9 nitrogen and oxygen atoms in total. The number of nitrogens with zero attached hydrogens (tertiary/aromatic N) is 2. The summed E-state index contributed by atoms with van der Waals surface area (Å²) in [6, 6.07) is 8.74. The number of anilines is 1. The van der Waals surface area contributed by atoms with E-state index >= 15 is 0 Å². The van der Waals surface area contributed by atoms with Gasteiger partial charge < -0.3 is 13.9 Å². The largest absolute Gasteiger partial charge is 0.490 e. The molecule has 0 saturated carbocycles. The van der Waals surface area contributed by atoms with Crippen LogP contribution in [-0.4, -0.2) is 36.0 Å². The fourth-order valence-corrected chi connectivity index (χ4v) is 3.99. The zero-order valence-corrected chi connectivity index (χ0v) is 20.8. The van der Waals surface area contributed by atoms with Gasteiger partial charge in [-0.05, 0) is 55.5 Å². The minimum absolute atomic E-state index is 0.194. The van der Waals surface area contributed by atoms with Gasteiger partial charge in [-0.1, -0.05) is 26.0 Å². The van der Waals surface area contributed by atoms with Crippen molar-refractivity contribution in [1.29, 1.82) is 0 Å². The first-order valence-corrected chi connectivity index (χ1v) is 11.9. The lowest BCUT2D eigenvalue weighted by molar-refractivity contribution is -0.139. The van der Waals surface area contributed by atoms with Gasteiger partial charge in [0.25, 0.3) is 0 Å². The van der Waals surface area contributed by atoms with Crippen LogP contribution in [0.3, 0.4) is 0 Å². The number of hydrogen-bond donors (Lipinski definition) is 0. The highest BCUT2D eigenvalue weighted by molar-refractivity contribution is 6.52. The third-order valence-corrected chi connectivity index (χ3v) is 6.01. The summed E-state index contributed by atoms with van der Waals surface area (Å²) in [6.07, 6.45) is 1.55. The highest BCUT2D eigenvalue weighted by Crippen LogP contribution is 2.35. The first-order valence-electron chi connectivity index (χ1n) is 11.9. The van der Waals surface area contributed by atoms with E-state index in [1.54, 1.807) is 12.1 Å². The molecule has 1 saturated heterocycles. The Bertz CT molecular complexity index is 1410. The monoisotopic (exact) mass is 492 g/mol. The van der Waals surface area contributed by atoms with Crippen LogP contribution >= 0.6 is 0 Å². The molecule has 0 atom stereocenters. The number of hydrogen-bond acceptors (Lipinski definition) is 7. The van der Waals surface area contributed by atoms with Crippen molar-refractivity contribution in [3.8, 4) is 11.5 Å². The van der Waals surface area contributed by atoms with E-state index in [0.717, 1.165) is 33.8 Å². The standard InChI is InChI=1S/C27H28N2O7/c1-5-11-34-21-10-8-19(14-22(21)35-12-6-2)29-26(32)25(31)28(27(29)33)15-18-13-23(30)36-24-17(4)16(3)7-9-20(18)24/h7-10,13-14H,5-6,11-12,15H2,1-4H3. The molecule has 1 aliphatic rings. The zero-order chi connectivity index (χ0) is 26.0. The van der Waals surface area contributed by atoms with Gasteiger partial charge in [0.2, 0.25) is 0 Å². The predicted molar refractivity (Wildman–Crippen MR) is 133 cm³/mol. The number of fused-ring (bicyclic) bond motifs is 1.